The molecule has 0 atom stereocenters. The summed E-state index contributed by atoms with van der Waals surface area (Å²) in [5.74, 6) is -2.46. The maximum absolute atomic E-state index is 11.3. The standard InChI is InChI=1S/C19H11N3O5S2/c23-16-14(8-15-20-12-3-1-2-4-13(12)21-15)29-19(28)22(16)11-6-9(17(24)25)5-10(7-11)18(26)27/h1-8,23H,(H,24,25)(H,26,27). The number of hydrogen-bond donors (Lipinski definition) is 3. The van der Waals surface area contributed by atoms with E-state index in [-0.39, 0.29) is 26.6 Å². The second kappa shape index (κ2) is 7.08. The molecule has 0 radical (unpaired) electrons. The number of carbonyl (C=O) groups is 2. The van der Waals surface area contributed by atoms with E-state index in [9.17, 15) is 24.9 Å². The van der Waals surface area contributed by atoms with Crippen LogP contribution in [0, 0.1) is 3.95 Å². The molecule has 3 N–H and O–H groups in total. The molecule has 2 aromatic carbocycles. The lowest BCUT2D eigenvalue weighted by Gasteiger charge is -2.08. The van der Waals surface area contributed by atoms with Crippen molar-refractivity contribution in [1.82, 2.24) is 4.57 Å². The van der Waals surface area contributed by atoms with Crippen LogP contribution >= 0.6 is 23.6 Å². The monoisotopic (exact) mass is 425 g/mol. The zero-order valence-corrected chi connectivity index (χ0v) is 16.1. The fourth-order valence-corrected chi connectivity index (χ4v) is 4.08. The van der Waals surface area contributed by atoms with E-state index in [4.69, 9.17) is 12.2 Å². The van der Waals surface area contributed by atoms with Crippen LogP contribution in [0.2, 0.25) is 0 Å². The number of para-hydroxylation sites is 2. The lowest BCUT2D eigenvalue weighted by molar-refractivity contribution is 0.0696. The Bertz CT molecular complexity index is 1330. The molecule has 0 spiro atoms. The second-order valence-electron chi connectivity index (χ2n) is 5.98. The molecule has 1 aliphatic heterocycles. The van der Waals surface area contributed by atoms with Crippen molar-refractivity contribution in [3.05, 3.63) is 79.0 Å². The topological polar surface area (TPSA) is 124 Å². The number of thiazole rings is 1. The summed E-state index contributed by atoms with van der Waals surface area (Å²) in [7, 11) is 0. The van der Waals surface area contributed by atoms with Crippen molar-refractivity contribution < 1.29 is 24.9 Å². The fraction of sp³-hybridized carbons (Fsp3) is 0. The number of nitrogens with zero attached hydrogens (tertiary/aromatic N) is 3. The average Bonchev–Trinajstić information content (AvgIpc) is 3.21. The van der Waals surface area contributed by atoms with Gasteiger partial charge in [0.05, 0.1) is 32.4 Å². The molecular formula is C19H11N3O5S2. The van der Waals surface area contributed by atoms with Crippen LogP contribution in [0.5, 0.6) is 5.88 Å². The van der Waals surface area contributed by atoms with Gasteiger partial charge in [0, 0.05) is 6.08 Å². The normalized spacial score (nSPS) is 12.1. The maximum Gasteiger partial charge on any atom is 0.335 e. The SMILES string of the molecule is O=C(O)c1cc(C(=O)O)cc(-n2c(O)c(C=C3N=c4ccccc4=N3)sc2=S)c1. The first kappa shape index (κ1) is 18.7. The van der Waals surface area contributed by atoms with Crippen LogP contribution < -0.4 is 10.7 Å². The summed E-state index contributed by atoms with van der Waals surface area (Å²) < 4.78 is 1.43. The molecule has 29 heavy (non-hydrogen) atoms. The summed E-state index contributed by atoms with van der Waals surface area (Å²) in [5, 5.41) is 30.6. The van der Waals surface area contributed by atoms with E-state index in [0.29, 0.717) is 21.4 Å². The first-order valence-corrected chi connectivity index (χ1v) is 9.37. The zero-order valence-electron chi connectivity index (χ0n) is 14.4. The summed E-state index contributed by atoms with van der Waals surface area (Å²) in [6.07, 6.45) is 1.56. The van der Waals surface area contributed by atoms with Crippen LogP contribution in [0.15, 0.2) is 58.3 Å². The second-order valence-corrected chi connectivity index (χ2v) is 7.66. The van der Waals surface area contributed by atoms with Gasteiger partial charge in [0.1, 0.15) is 0 Å². The molecule has 0 aliphatic carbocycles. The molecule has 0 fully saturated rings. The van der Waals surface area contributed by atoms with Crippen LogP contribution in [0.3, 0.4) is 0 Å². The van der Waals surface area contributed by atoms with Crippen molar-refractivity contribution in [2.24, 2.45) is 9.98 Å². The van der Waals surface area contributed by atoms with Gasteiger partial charge in [0.15, 0.2) is 9.78 Å². The predicted molar refractivity (Wildman–Crippen MR) is 107 cm³/mol. The lowest BCUT2D eigenvalue weighted by Crippen LogP contribution is -2.19. The molecule has 0 bridgehead atoms. The highest BCUT2D eigenvalue weighted by molar-refractivity contribution is 7.73. The van der Waals surface area contributed by atoms with Gasteiger partial charge in [-0.3, -0.25) is 4.57 Å². The minimum atomic E-state index is -1.29. The number of hydrogen-bond acceptors (Lipinski definition) is 7. The molecule has 2 heterocycles. The number of fused-ring (bicyclic) bond motifs is 1. The molecule has 0 saturated carbocycles. The Labute approximate surface area is 171 Å². The third-order valence-electron chi connectivity index (χ3n) is 4.09. The molecule has 0 amide bonds. The Kier molecular flexibility index (Phi) is 4.57. The number of carboxylic acid groups (broad SMARTS) is 2. The molecule has 4 rings (SSSR count). The van der Waals surface area contributed by atoms with Crippen molar-refractivity contribution in [3.8, 4) is 11.6 Å². The van der Waals surface area contributed by atoms with Crippen LogP contribution in [-0.4, -0.2) is 31.8 Å². The van der Waals surface area contributed by atoms with Gasteiger partial charge in [0.2, 0.25) is 5.88 Å². The third-order valence-corrected chi connectivity index (χ3v) is 5.40. The molecule has 144 valence electrons. The highest BCUT2D eigenvalue weighted by atomic mass is 32.1. The highest BCUT2D eigenvalue weighted by Crippen LogP contribution is 2.32. The number of benzene rings is 2. The first-order valence-electron chi connectivity index (χ1n) is 8.14. The van der Waals surface area contributed by atoms with Crippen molar-refractivity contribution in [1.29, 1.82) is 0 Å². The Hall–Kier alpha value is -3.63. The van der Waals surface area contributed by atoms with Gasteiger partial charge in [-0.2, -0.15) is 0 Å². The van der Waals surface area contributed by atoms with Crippen LogP contribution in [0.1, 0.15) is 25.6 Å². The zero-order chi connectivity index (χ0) is 20.7. The lowest BCUT2D eigenvalue weighted by atomic mass is 10.1. The van der Waals surface area contributed by atoms with Gasteiger partial charge in [-0.15, -0.1) is 11.3 Å². The number of aromatic carboxylic acids is 2. The number of rotatable bonds is 4. The van der Waals surface area contributed by atoms with E-state index >= 15 is 0 Å². The average molecular weight is 425 g/mol. The minimum Gasteiger partial charge on any atom is -0.493 e. The molecule has 0 unspecified atom stereocenters. The molecule has 0 saturated heterocycles. The Morgan fingerprint density at radius 3 is 2.07 bits per heavy atom. The summed E-state index contributed by atoms with van der Waals surface area (Å²) >= 11 is 6.37. The molecule has 3 aromatic rings. The molecular weight excluding hydrogens is 414 g/mol. The van der Waals surface area contributed by atoms with Crippen molar-refractivity contribution in [2.75, 3.05) is 0 Å². The quantitative estimate of drug-likeness (QED) is 0.552. The Morgan fingerprint density at radius 1 is 1.00 bits per heavy atom. The molecule has 1 aromatic heterocycles. The summed E-state index contributed by atoms with van der Waals surface area (Å²) in [6.45, 7) is 0. The van der Waals surface area contributed by atoms with E-state index in [1.165, 1.54) is 16.7 Å². The van der Waals surface area contributed by atoms with Gasteiger partial charge >= 0.3 is 11.9 Å². The van der Waals surface area contributed by atoms with Gasteiger partial charge in [-0.25, -0.2) is 19.6 Å². The highest BCUT2D eigenvalue weighted by Gasteiger charge is 2.18. The maximum atomic E-state index is 11.3. The van der Waals surface area contributed by atoms with E-state index in [1.54, 1.807) is 6.08 Å². The first-order chi connectivity index (χ1) is 13.8. The van der Waals surface area contributed by atoms with Gasteiger partial charge in [-0.05, 0) is 42.5 Å². The van der Waals surface area contributed by atoms with E-state index < -0.39 is 11.9 Å². The molecule has 8 nitrogen and oxygen atoms in total. The van der Waals surface area contributed by atoms with Crippen LogP contribution in [0.25, 0.3) is 11.8 Å². The number of aromatic nitrogens is 1. The smallest absolute Gasteiger partial charge is 0.335 e. The largest absolute Gasteiger partial charge is 0.493 e. The van der Waals surface area contributed by atoms with Crippen molar-refractivity contribution in [3.63, 3.8) is 0 Å². The van der Waals surface area contributed by atoms with Crippen LogP contribution in [-0.2, 0) is 0 Å². The fourth-order valence-electron chi connectivity index (χ4n) is 2.80. The number of carboxylic acids is 2. The molecule has 1 aliphatic rings. The predicted octanol–water partition coefficient (Wildman–Crippen LogP) is 2.62. The van der Waals surface area contributed by atoms with E-state index in [2.05, 4.69) is 9.98 Å². The van der Waals surface area contributed by atoms with Crippen molar-refractivity contribution >= 4 is 41.6 Å². The Morgan fingerprint density at radius 2 is 1.55 bits per heavy atom. The van der Waals surface area contributed by atoms with Gasteiger partial charge in [0.25, 0.3) is 0 Å². The van der Waals surface area contributed by atoms with E-state index in [0.717, 1.165) is 17.4 Å². The summed E-state index contributed by atoms with van der Waals surface area (Å²) in [5.41, 5.74) is -0.332. The number of aromatic hydroxyl groups is 1. The van der Waals surface area contributed by atoms with Crippen molar-refractivity contribution in [2.45, 2.75) is 0 Å². The minimum absolute atomic E-state index is 0.134. The van der Waals surface area contributed by atoms with Gasteiger partial charge < -0.3 is 15.3 Å². The third kappa shape index (κ3) is 3.46. The summed E-state index contributed by atoms with van der Waals surface area (Å²) in [4.78, 5) is 31.8. The summed E-state index contributed by atoms with van der Waals surface area (Å²) in [6, 6.07) is 10.8. The molecule has 10 heteroatoms. The van der Waals surface area contributed by atoms with Crippen LogP contribution in [0.4, 0.5) is 0 Å². The Balaban J connectivity index is 1.85. The van der Waals surface area contributed by atoms with E-state index in [1.807, 2.05) is 24.3 Å². The van der Waals surface area contributed by atoms with Gasteiger partial charge in [-0.1, -0.05) is 12.1 Å².